The van der Waals surface area contributed by atoms with Gasteiger partial charge in [-0.15, -0.1) is 11.3 Å². The maximum Gasteiger partial charge on any atom is 0.413 e. The first kappa shape index (κ1) is 24.7. The molecule has 0 unspecified atom stereocenters. The van der Waals surface area contributed by atoms with Crippen LogP contribution < -0.4 is 25.4 Å². The average molecular weight is 530 g/mol. The molecule has 0 aliphatic carbocycles. The van der Waals surface area contributed by atoms with Crippen molar-refractivity contribution in [1.29, 1.82) is 0 Å². The number of carbonyl (C=O) groups excluding carboxylic acids is 2. The molecule has 174 valence electrons. The van der Waals surface area contributed by atoms with Crippen LogP contribution >= 0.6 is 46.8 Å². The second-order valence-electron chi connectivity index (χ2n) is 6.09. The number of fused-ring (bicyclic) bond motifs is 1. The van der Waals surface area contributed by atoms with E-state index in [1.165, 1.54) is 38.0 Å². The minimum Gasteiger partial charge on any atom is -0.495 e. The highest BCUT2D eigenvalue weighted by Crippen LogP contribution is 2.44. The quantitative estimate of drug-likeness (QED) is 0.389. The second-order valence-corrected chi connectivity index (χ2v) is 8.13. The molecule has 0 radical (unpaired) electrons. The molecule has 0 fully saturated rings. The smallest absolute Gasteiger partial charge is 0.413 e. The van der Waals surface area contributed by atoms with E-state index in [9.17, 15) is 9.59 Å². The van der Waals surface area contributed by atoms with E-state index in [1.807, 2.05) is 0 Å². The summed E-state index contributed by atoms with van der Waals surface area (Å²) in [6.07, 6.45) is 0.560. The lowest BCUT2D eigenvalue weighted by Crippen LogP contribution is -2.34. The van der Waals surface area contributed by atoms with Gasteiger partial charge in [-0.3, -0.25) is 10.1 Å². The Kier molecular flexibility index (Phi) is 8.08. The van der Waals surface area contributed by atoms with Crippen molar-refractivity contribution >= 4 is 85.6 Å². The number of methoxy groups -OCH3 is 2. The highest BCUT2D eigenvalue weighted by molar-refractivity contribution is 7.80. The molecule has 0 atom stereocenters. The molecule has 33 heavy (non-hydrogen) atoms. The van der Waals surface area contributed by atoms with Crippen LogP contribution in [0.3, 0.4) is 0 Å². The number of amides is 2. The number of rotatable bonds is 6. The molecule has 0 aliphatic heterocycles. The van der Waals surface area contributed by atoms with Crippen LogP contribution in [0.15, 0.2) is 17.8 Å². The lowest BCUT2D eigenvalue weighted by molar-refractivity contribution is 0.102. The van der Waals surface area contributed by atoms with Crippen molar-refractivity contribution in [3.8, 4) is 11.5 Å². The van der Waals surface area contributed by atoms with Crippen LogP contribution in [0.2, 0.25) is 10.0 Å². The lowest BCUT2D eigenvalue weighted by atomic mass is 10.2. The van der Waals surface area contributed by atoms with Gasteiger partial charge in [-0.25, -0.2) is 14.8 Å². The number of thiocarbonyl (C=S) groups is 1. The molecule has 3 rings (SSSR count). The Bertz CT molecular complexity index is 1210. The van der Waals surface area contributed by atoms with Gasteiger partial charge in [-0.1, -0.05) is 23.2 Å². The van der Waals surface area contributed by atoms with Gasteiger partial charge in [-0.05, 0) is 19.1 Å². The summed E-state index contributed by atoms with van der Waals surface area (Å²) < 4.78 is 15.8. The van der Waals surface area contributed by atoms with E-state index in [2.05, 4.69) is 25.9 Å². The number of thiophene rings is 1. The van der Waals surface area contributed by atoms with E-state index in [0.29, 0.717) is 16.0 Å². The number of hydrogen-bond acceptors (Lipinski definition) is 9. The van der Waals surface area contributed by atoms with Crippen LogP contribution in [0.5, 0.6) is 11.5 Å². The van der Waals surface area contributed by atoms with Crippen LogP contribution in [-0.2, 0) is 4.74 Å². The number of carbonyl (C=O) groups is 2. The third kappa shape index (κ3) is 5.36. The predicted molar refractivity (Wildman–Crippen MR) is 131 cm³/mol. The number of ether oxygens (including phenoxy) is 3. The number of alkyl carbamates (subject to hydrolysis) is 1. The van der Waals surface area contributed by atoms with Gasteiger partial charge in [0.25, 0.3) is 5.91 Å². The van der Waals surface area contributed by atoms with E-state index in [4.69, 9.17) is 49.6 Å². The van der Waals surface area contributed by atoms with E-state index in [0.717, 1.165) is 0 Å². The Hall–Kier alpha value is -2.93. The van der Waals surface area contributed by atoms with Gasteiger partial charge < -0.3 is 24.8 Å². The van der Waals surface area contributed by atoms with Crippen molar-refractivity contribution in [3.05, 3.63) is 33.4 Å². The molecule has 2 amide bonds. The first-order valence-electron chi connectivity index (χ1n) is 9.18. The summed E-state index contributed by atoms with van der Waals surface area (Å²) in [7, 11) is 2.86. The minimum absolute atomic E-state index is 0.0186. The van der Waals surface area contributed by atoms with Gasteiger partial charge in [-0.2, -0.15) is 0 Å². The number of anilines is 2. The zero-order valence-corrected chi connectivity index (χ0v) is 20.6. The number of nitrogens with zero attached hydrogens (tertiary/aromatic N) is 2. The molecule has 0 spiro atoms. The van der Waals surface area contributed by atoms with E-state index < -0.39 is 12.0 Å². The zero-order chi connectivity index (χ0) is 24.1. The first-order chi connectivity index (χ1) is 15.8. The summed E-state index contributed by atoms with van der Waals surface area (Å²) in [5, 5.41) is 9.65. The van der Waals surface area contributed by atoms with Crippen LogP contribution in [0.4, 0.5) is 16.3 Å². The van der Waals surface area contributed by atoms with Crippen LogP contribution in [-0.4, -0.2) is 47.9 Å². The van der Waals surface area contributed by atoms with Gasteiger partial charge in [0.15, 0.2) is 10.9 Å². The molecule has 2 heterocycles. The fourth-order valence-electron chi connectivity index (χ4n) is 2.68. The summed E-state index contributed by atoms with van der Waals surface area (Å²) >= 11 is 19.0. The molecule has 3 aromatic rings. The zero-order valence-electron chi connectivity index (χ0n) is 17.4. The number of hydrogen-bond donors (Lipinski definition) is 3. The molecule has 1 aromatic carbocycles. The Balaban J connectivity index is 1.89. The molecular weight excluding hydrogens is 513 g/mol. The normalized spacial score (nSPS) is 10.5. The molecule has 2 aromatic heterocycles. The Morgan fingerprint density at radius 3 is 2.39 bits per heavy atom. The predicted octanol–water partition coefficient (Wildman–Crippen LogP) is 4.71. The number of nitrogens with one attached hydrogen (secondary N) is 3. The molecule has 0 saturated carbocycles. The third-order valence-corrected chi connectivity index (χ3v) is 6.06. The summed E-state index contributed by atoms with van der Waals surface area (Å²) in [5.41, 5.74) is 0.737. The van der Waals surface area contributed by atoms with Crippen molar-refractivity contribution in [2.75, 3.05) is 31.5 Å². The average Bonchev–Trinajstić information content (AvgIpc) is 3.22. The number of aromatic nitrogens is 2. The van der Waals surface area contributed by atoms with Crippen molar-refractivity contribution < 1.29 is 23.8 Å². The maximum atomic E-state index is 13.1. The summed E-state index contributed by atoms with van der Waals surface area (Å²) in [6, 6.07) is 1.51. The highest BCUT2D eigenvalue weighted by atomic mass is 35.5. The van der Waals surface area contributed by atoms with E-state index >= 15 is 0 Å². The fourth-order valence-corrected chi connectivity index (χ4v) is 4.40. The number of benzene rings is 1. The molecule has 10 nitrogen and oxygen atoms in total. The van der Waals surface area contributed by atoms with Crippen LogP contribution in [0, 0.1) is 0 Å². The molecule has 3 N–H and O–H groups in total. The third-order valence-electron chi connectivity index (χ3n) is 4.13. The Morgan fingerprint density at radius 2 is 1.79 bits per heavy atom. The minimum atomic E-state index is -0.700. The summed E-state index contributed by atoms with van der Waals surface area (Å²) in [6.45, 7) is 1.87. The van der Waals surface area contributed by atoms with Gasteiger partial charge in [0.1, 0.15) is 27.9 Å². The number of halogens is 2. The monoisotopic (exact) mass is 529 g/mol. The SMILES string of the molecule is CCOC(=O)NC(=S)Nc1ncnc2c(C(=O)Nc3c(Cl)c(OC)cc(OC)c3Cl)csc12. The van der Waals surface area contributed by atoms with Gasteiger partial charge in [0.2, 0.25) is 0 Å². The standard InChI is InChI=1S/C19H17Cl2N5O5S2/c1-4-31-19(28)26-18(32)25-16-15-13(22-7-23-16)8(6-33-15)17(27)24-14-11(20)9(29-2)5-10(30-3)12(14)21/h5-7H,4H2,1-3H3,(H,24,27)(H2,22,23,25,26,28,32). The Labute approximate surface area is 207 Å². The topological polar surface area (TPSA) is 124 Å². The van der Waals surface area contributed by atoms with Crippen molar-refractivity contribution in [3.63, 3.8) is 0 Å². The molecule has 0 bridgehead atoms. The molecule has 0 aliphatic rings. The van der Waals surface area contributed by atoms with Crippen molar-refractivity contribution in [2.45, 2.75) is 6.92 Å². The van der Waals surface area contributed by atoms with Crippen LogP contribution in [0.1, 0.15) is 17.3 Å². The van der Waals surface area contributed by atoms with E-state index in [-0.39, 0.29) is 44.5 Å². The van der Waals surface area contributed by atoms with Gasteiger partial charge in [0, 0.05) is 11.4 Å². The fraction of sp³-hybridized carbons (Fsp3) is 0.211. The lowest BCUT2D eigenvalue weighted by Gasteiger charge is -2.15. The second kappa shape index (κ2) is 10.8. The van der Waals surface area contributed by atoms with Gasteiger partial charge >= 0.3 is 6.09 Å². The highest BCUT2D eigenvalue weighted by Gasteiger charge is 2.22. The first-order valence-corrected chi connectivity index (χ1v) is 11.2. The maximum absolute atomic E-state index is 13.1. The molecule has 14 heteroatoms. The summed E-state index contributed by atoms with van der Waals surface area (Å²) in [4.78, 5) is 32.9. The van der Waals surface area contributed by atoms with Crippen molar-refractivity contribution in [1.82, 2.24) is 15.3 Å². The van der Waals surface area contributed by atoms with Gasteiger partial charge in [0.05, 0.1) is 42.3 Å². The van der Waals surface area contributed by atoms with E-state index in [1.54, 1.807) is 12.3 Å². The largest absolute Gasteiger partial charge is 0.495 e. The Morgan fingerprint density at radius 1 is 1.12 bits per heavy atom. The molecule has 0 saturated heterocycles. The van der Waals surface area contributed by atoms with Crippen LogP contribution in [0.25, 0.3) is 10.2 Å². The molecular formula is C19H17Cl2N5O5S2. The summed E-state index contributed by atoms with van der Waals surface area (Å²) in [5.74, 6) is 0.349. The van der Waals surface area contributed by atoms with Crippen molar-refractivity contribution in [2.24, 2.45) is 0 Å².